The summed E-state index contributed by atoms with van der Waals surface area (Å²) >= 11 is 0. The monoisotopic (exact) mass is 326 g/mol. The van der Waals surface area contributed by atoms with Crippen molar-refractivity contribution in [2.24, 2.45) is 0 Å². The van der Waals surface area contributed by atoms with E-state index in [0.717, 1.165) is 0 Å². The average Bonchev–Trinajstić information content (AvgIpc) is 2.62. The Kier molecular flexibility index (Phi) is 4.37. The molecule has 1 heterocycles. The SMILES string of the molecule is O=C(O)c1ccccc1N1CCN(c2ccccc2C(=O)O)CC1. The molecule has 0 aromatic heterocycles. The minimum Gasteiger partial charge on any atom is -0.478 e. The third-order valence-electron chi connectivity index (χ3n) is 4.23. The van der Waals surface area contributed by atoms with Gasteiger partial charge >= 0.3 is 11.9 Å². The van der Waals surface area contributed by atoms with E-state index in [1.54, 1.807) is 24.3 Å². The minimum atomic E-state index is -0.941. The van der Waals surface area contributed by atoms with Crippen molar-refractivity contribution in [3.8, 4) is 0 Å². The van der Waals surface area contributed by atoms with Crippen molar-refractivity contribution in [1.29, 1.82) is 0 Å². The third kappa shape index (κ3) is 3.03. The molecule has 0 amide bonds. The van der Waals surface area contributed by atoms with Gasteiger partial charge in [0.2, 0.25) is 0 Å². The number of rotatable bonds is 4. The molecule has 0 unspecified atom stereocenters. The molecular formula is C18H18N2O4. The molecule has 1 aliphatic rings. The molecule has 3 rings (SSSR count). The van der Waals surface area contributed by atoms with Crippen molar-refractivity contribution in [2.75, 3.05) is 36.0 Å². The summed E-state index contributed by atoms with van der Waals surface area (Å²) in [6, 6.07) is 13.9. The van der Waals surface area contributed by atoms with Gasteiger partial charge in [-0.25, -0.2) is 9.59 Å². The minimum absolute atomic E-state index is 0.289. The van der Waals surface area contributed by atoms with E-state index in [-0.39, 0.29) is 11.1 Å². The van der Waals surface area contributed by atoms with Gasteiger partial charge in [0.25, 0.3) is 0 Å². The number of aromatic carboxylic acids is 2. The van der Waals surface area contributed by atoms with Crippen molar-refractivity contribution in [3.05, 3.63) is 59.7 Å². The number of nitrogens with zero attached hydrogens (tertiary/aromatic N) is 2. The lowest BCUT2D eigenvalue weighted by atomic mass is 10.1. The van der Waals surface area contributed by atoms with Crippen LogP contribution in [0.15, 0.2) is 48.5 Å². The van der Waals surface area contributed by atoms with Crippen molar-refractivity contribution in [3.63, 3.8) is 0 Å². The molecule has 0 atom stereocenters. The summed E-state index contributed by atoms with van der Waals surface area (Å²) in [5.74, 6) is -1.88. The fourth-order valence-corrected chi connectivity index (χ4v) is 3.05. The number of carbonyl (C=O) groups is 2. The maximum atomic E-state index is 11.4. The summed E-state index contributed by atoms with van der Waals surface area (Å²) in [4.78, 5) is 26.8. The topological polar surface area (TPSA) is 81.1 Å². The molecule has 2 aromatic rings. The summed E-state index contributed by atoms with van der Waals surface area (Å²) in [6.07, 6.45) is 0. The molecule has 2 N–H and O–H groups in total. The maximum Gasteiger partial charge on any atom is 0.337 e. The lowest BCUT2D eigenvalue weighted by Crippen LogP contribution is -2.47. The number of carboxylic acid groups (broad SMARTS) is 2. The maximum absolute atomic E-state index is 11.4. The molecule has 6 nitrogen and oxygen atoms in total. The van der Waals surface area contributed by atoms with Crippen molar-refractivity contribution < 1.29 is 19.8 Å². The van der Waals surface area contributed by atoms with Crippen molar-refractivity contribution >= 4 is 23.3 Å². The van der Waals surface area contributed by atoms with E-state index in [9.17, 15) is 19.8 Å². The van der Waals surface area contributed by atoms with Crippen LogP contribution in [0.25, 0.3) is 0 Å². The van der Waals surface area contributed by atoms with Crippen LogP contribution in [-0.4, -0.2) is 48.3 Å². The number of hydrogen-bond donors (Lipinski definition) is 2. The Morgan fingerprint density at radius 1 is 0.667 bits per heavy atom. The summed E-state index contributed by atoms with van der Waals surface area (Å²) in [6.45, 7) is 2.55. The van der Waals surface area contributed by atoms with Crippen LogP contribution in [0, 0.1) is 0 Å². The van der Waals surface area contributed by atoms with Gasteiger partial charge in [0.05, 0.1) is 22.5 Å². The lowest BCUT2D eigenvalue weighted by molar-refractivity contribution is 0.0686. The van der Waals surface area contributed by atoms with E-state index >= 15 is 0 Å². The second-order valence-corrected chi connectivity index (χ2v) is 5.62. The zero-order chi connectivity index (χ0) is 17.1. The summed E-state index contributed by atoms with van der Waals surface area (Å²) < 4.78 is 0. The summed E-state index contributed by atoms with van der Waals surface area (Å²) in [7, 11) is 0. The van der Waals surface area contributed by atoms with Crippen LogP contribution < -0.4 is 9.80 Å². The molecular weight excluding hydrogens is 308 g/mol. The molecule has 0 bridgehead atoms. The Morgan fingerprint density at radius 3 is 1.33 bits per heavy atom. The molecule has 124 valence electrons. The second kappa shape index (κ2) is 6.62. The largest absolute Gasteiger partial charge is 0.478 e. The van der Waals surface area contributed by atoms with E-state index in [2.05, 4.69) is 0 Å². The van der Waals surface area contributed by atoms with Gasteiger partial charge in [-0.3, -0.25) is 0 Å². The first-order valence-corrected chi connectivity index (χ1v) is 7.72. The zero-order valence-corrected chi connectivity index (χ0v) is 13.1. The highest BCUT2D eigenvalue weighted by Crippen LogP contribution is 2.26. The Labute approximate surface area is 139 Å². The molecule has 0 aliphatic carbocycles. The molecule has 0 spiro atoms. The number of carboxylic acids is 2. The number of benzene rings is 2. The predicted octanol–water partition coefficient (Wildman–Crippen LogP) is 2.41. The molecule has 1 saturated heterocycles. The normalized spacial score (nSPS) is 14.5. The fraction of sp³-hybridized carbons (Fsp3) is 0.222. The fourth-order valence-electron chi connectivity index (χ4n) is 3.05. The Morgan fingerprint density at radius 2 is 1.00 bits per heavy atom. The number of hydrogen-bond acceptors (Lipinski definition) is 4. The molecule has 0 radical (unpaired) electrons. The smallest absolute Gasteiger partial charge is 0.337 e. The average molecular weight is 326 g/mol. The van der Waals surface area contributed by atoms with Crippen LogP contribution in [0.5, 0.6) is 0 Å². The van der Waals surface area contributed by atoms with Crippen LogP contribution in [0.2, 0.25) is 0 Å². The standard InChI is InChI=1S/C18H18N2O4/c21-17(22)13-5-1-3-7-15(13)19-9-11-20(12-10-19)16-8-4-2-6-14(16)18(23)24/h1-8H,9-12H2,(H,21,22)(H,23,24). The highest BCUT2D eigenvalue weighted by Gasteiger charge is 2.23. The number of anilines is 2. The van der Waals surface area contributed by atoms with Gasteiger partial charge < -0.3 is 20.0 Å². The van der Waals surface area contributed by atoms with Crippen LogP contribution in [-0.2, 0) is 0 Å². The summed E-state index contributed by atoms with van der Waals surface area (Å²) in [5.41, 5.74) is 1.99. The highest BCUT2D eigenvalue weighted by atomic mass is 16.4. The third-order valence-corrected chi connectivity index (χ3v) is 4.23. The van der Waals surface area contributed by atoms with Gasteiger partial charge in [0, 0.05) is 26.2 Å². The van der Waals surface area contributed by atoms with Gasteiger partial charge in [0.15, 0.2) is 0 Å². The molecule has 2 aromatic carbocycles. The van der Waals surface area contributed by atoms with Crippen LogP contribution >= 0.6 is 0 Å². The molecule has 0 saturated carbocycles. The Balaban J connectivity index is 1.78. The van der Waals surface area contributed by atoms with Gasteiger partial charge in [-0.05, 0) is 24.3 Å². The van der Waals surface area contributed by atoms with Crippen molar-refractivity contribution in [1.82, 2.24) is 0 Å². The van der Waals surface area contributed by atoms with E-state index in [0.29, 0.717) is 37.6 Å². The van der Waals surface area contributed by atoms with Gasteiger partial charge in [-0.15, -0.1) is 0 Å². The number of piperazine rings is 1. The van der Waals surface area contributed by atoms with E-state index in [1.807, 2.05) is 34.1 Å². The lowest BCUT2D eigenvalue weighted by Gasteiger charge is -2.38. The van der Waals surface area contributed by atoms with Gasteiger partial charge in [0.1, 0.15) is 0 Å². The van der Waals surface area contributed by atoms with E-state index in [1.165, 1.54) is 0 Å². The van der Waals surface area contributed by atoms with Crippen LogP contribution in [0.1, 0.15) is 20.7 Å². The van der Waals surface area contributed by atoms with Crippen LogP contribution in [0.3, 0.4) is 0 Å². The van der Waals surface area contributed by atoms with E-state index < -0.39 is 11.9 Å². The second-order valence-electron chi connectivity index (χ2n) is 5.62. The van der Waals surface area contributed by atoms with Crippen LogP contribution in [0.4, 0.5) is 11.4 Å². The Bertz CT molecular complexity index is 702. The molecule has 24 heavy (non-hydrogen) atoms. The zero-order valence-electron chi connectivity index (χ0n) is 13.1. The first-order chi connectivity index (χ1) is 11.6. The van der Waals surface area contributed by atoms with Gasteiger partial charge in [-0.1, -0.05) is 24.3 Å². The van der Waals surface area contributed by atoms with Gasteiger partial charge in [-0.2, -0.15) is 0 Å². The molecule has 1 fully saturated rings. The Hall–Kier alpha value is -3.02. The summed E-state index contributed by atoms with van der Waals surface area (Å²) in [5, 5.41) is 18.6. The quantitative estimate of drug-likeness (QED) is 0.898. The van der Waals surface area contributed by atoms with E-state index in [4.69, 9.17) is 0 Å². The predicted molar refractivity (Wildman–Crippen MR) is 91.2 cm³/mol. The number of para-hydroxylation sites is 2. The van der Waals surface area contributed by atoms with Crippen molar-refractivity contribution in [2.45, 2.75) is 0 Å². The molecule has 6 heteroatoms. The highest BCUT2D eigenvalue weighted by molar-refractivity contribution is 5.95. The first-order valence-electron chi connectivity index (χ1n) is 7.72. The first kappa shape index (κ1) is 15.9. The molecule has 1 aliphatic heterocycles.